The Morgan fingerprint density at radius 1 is 1.04 bits per heavy atom. The molecule has 3 rings (SSSR count). The van der Waals surface area contributed by atoms with E-state index in [1.807, 2.05) is 60.8 Å². The maximum atomic E-state index is 12.6. The van der Waals surface area contributed by atoms with Gasteiger partial charge in [0.2, 0.25) is 10.0 Å². The highest BCUT2D eigenvalue weighted by atomic mass is 32.2. The lowest BCUT2D eigenvalue weighted by Gasteiger charge is -2.15. The molecule has 7 heteroatoms. The summed E-state index contributed by atoms with van der Waals surface area (Å²) in [6, 6.07) is 18.8. The van der Waals surface area contributed by atoms with Crippen LogP contribution in [0.1, 0.15) is 12.5 Å². The highest BCUT2D eigenvalue weighted by Gasteiger charge is 2.20. The SMILES string of the molecule is C/C(=N\Nc1ccccc1)c1cc(S(=O)(=O)N(C)C)ccc1-c1cccs1. The number of thiophene rings is 1. The quantitative estimate of drug-likeness (QED) is 0.490. The van der Waals surface area contributed by atoms with Gasteiger partial charge < -0.3 is 0 Å². The summed E-state index contributed by atoms with van der Waals surface area (Å²) in [7, 11) is -0.469. The lowest BCUT2D eigenvalue weighted by Crippen LogP contribution is -2.22. The summed E-state index contributed by atoms with van der Waals surface area (Å²) in [6.07, 6.45) is 0. The molecule has 2 aromatic carbocycles. The van der Waals surface area contributed by atoms with Crippen LogP contribution in [0.2, 0.25) is 0 Å². The molecule has 5 nitrogen and oxygen atoms in total. The van der Waals surface area contributed by atoms with E-state index >= 15 is 0 Å². The molecule has 0 amide bonds. The Balaban J connectivity index is 2.07. The number of sulfonamides is 1. The van der Waals surface area contributed by atoms with Gasteiger partial charge in [0.1, 0.15) is 0 Å². The van der Waals surface area contributed by atoms with Crippen molar-refractivity contribution < 1.29 is 8.42 Å². The molecule has 0 aliphatic carbocycles. The first-order valence-electron chi connectivity index (χ1n) is 8.36. The largest absolute Gasteiger partial charge is 0.278 e. The first kappa shape index (κ1) is 19.3. The molecule has 27 heavy (non-hydrogen) atoms. The molecule has 1 aromatic heterocycles. The van der Waals surface area contributed by atoms with Crippen LogP contribution in [0.4, 0.5) is 5.69 Å². The molecule has 0 aliphatic heterocycles. The normalized spacial score (nSPS) is 12.4. The van der Waals surface area contributed by atoms with E-state index in [1.165, 1.54) is 18.4 Å². The number of hydrogen-bond acceptors (Lipinski definition) is 5. The number of rotatable bonds is 6. The van der Waals surface area contributed by atoms with E-state index in [0.29, 0.717) is 5.71 Å². The van der Waals surface area contributed by atoms with Crippen molar-refractivity contribution >= 4 is 32.8 Å². The zero-order chi connectivity index (χ0) is 19.4. The second-order valence-electron chi connectivity index (χ2n) is 6.15. The van der Waals surface area contributed by atoms with Crippen molar-refractivity contribution in [2.75, 3.05) is 19.5 Å². The van der Waals surface area contributed by atoms with Crippen LogP contribution in [0.25, 0.3) is 10.4 Å². The topological polar surface area (TPSA) is 61.8 Å². The van der Waals surface area contributed by atoms with Gasteiger partial charge in [0.15, 0.2) is 0 Å². The number of benzene rings is 2. The van der Waals surface area contributed by atoms with Crippen molar-refractivity contribution in [3.05, 3.63) is 71.6 Å². The van der Waals surface area contributed by atoms with Crippen molar-refractivity contribution in [2.45, 2.75) is 11.8 Å². The molecule has 0 spiro atoms. The molecular formula is C20H21N3O2S2. The van der Waals surface area contributed by atoms with Gasteiger partial charge in [-0.25, -0.2) is 12.7 Å². The summed E-state index contributed by atoms with van der Waals surface area (Å²) in [6.45, 7) is 1.87. The number of hydrogen-bond donors (Lipinski definition) is 1. The van der Waals surface area contributed by atoms with Gasteiger partial charge in [-0.3, -0.25) is 5.43 Å². The van der Waals surface area contributed by atoms with Crippen LogP contribution in [0, 0.1) is 0 Å². The molecule has 0 bridgehead atoms. The Morgan fingerprint density at radius 2 is 1.78 bits per heavy atom. The molecule has 140 valence electrons. The van der Waals surface area contributed by atoms with E-state index in [9.17, 15) is 8.42 Å². The lowest BCUT2D eigenvalue weighted by molar-refractivity contribution is 0.521. The van der Waals surface area contributed by atoms with Crippen LogP contribution in [0.3, 0.4) is 0 Å². The molecule has 0 atom stereocenters. The number of anilines is 1. The Labute approximate surface area is 164 Å². The van der Waals surface area contributed by atoms with Crippen LogP contribution >= 0.6 is 11.3 Å². The van der Waals surface area contributed by atoms with Gasteiger partial charge in [-0.05, 0) is 42.6 Å². The maximum absolute atomic E-state index is 12.6. The molecular weight excluding hydrogens is 378 g/mol. The predicted molar refractivity (Wildman–Crippen MR) is 113 cm³/mol. The van der Waals surface area contributed by atoms with Gasteiger partial charge in [-0.1, -0.05) is 30.3 Å². The van der Waals surface area contributed by atoms with Gasteiger partial charge in [0.25, 0.3) is 0 Å². The monoisotopic (exact) mass is 399 g/mol. The predicted octanol–water partition coefficient (Wildman–Crippen LogP) is 4.50. The molecule has 1 N–H and O–H groups in total. The van der Waals surface area contributed by atoms with E-state index in [0.717, 1.165) is 21.7 Å². The van der Waals surface area contributed by atoms with Crippen molar-refractivity contribution in [3.8, 4) is 10.4 Å². The maximum Gasteiger partial charge on any atom is 0.242 e. The summed E-state index contributed by atoms with van der Waals surface area (Å²) in [5.74, 6) is 0. The Hall–Kier alpha value is -2.48. The van der Waals surface area contributed by atoms with E-state index in [1.54, 1.807) is 23.5 Å². The number of hydrazone groups is 1. The van der Waals surface area contributed by atoms with E-state index < -0.39 is 10.0 Å². The van der Waals surface area contributed by atoms with Crippen LogP contribution in [-0.2, 0) is 10.0 Å². The smallest absolute Gasteiger partial charge is 0.242 e. The van der Waals surface area contributed by atoms with E-state index in [-0.39, 0.29) is 4.90 Å². The Bertz CT molecular complexity index is 1040. The highest BCUT2D eigenvalue weighted by molar-refractivity contribution is 7.89. The minimum absolute atomic E-state index is 0.247. The fraction of sp³-hybridized carbons (Fsp3) is 0.150. The first-order valence-corrected chi connectivity index (χ1v) is 10.7. The van der Waals surface area contributed by atoms with E-state index in [4.69, 9.17) is 0 Å². The zero-order valence-corrected chi connectivity index (χ0v) is 17.0. The number of nitrogens with zero attached hydrogens (tertiary/aromatic N) is 2. The van der Waals surface area contributed by atoms with Crippen LogP contribution in [0.15, 0.2) is 76.0 Å². The van der Waals surface area contributed by atoms with Crippen LogP contribution in [-0.4, -0.2) is 32.5 Å². The molecule has 0 saturated heterocycles. The summed E-state index contributed by atoms with van der Waals surface area (Å²) in [5.41, 5.74) is 6.34. The van der Waals surface area contributed by atoms with Gasteiger partial charge in [0, 0.05) is 30.1 Å². The van der Waals surface area contributed by atoms with Crippen molar-refractivity contribution in [1.82, 2.24) is 4.31 Å². The van der Waals surface area contributed by atoms with Crippen molar-refractivity contribution in [3.63, 3.8) is 0 Å². The number of para-hydroxylation sites is 1. The third kappa shape index (κ3) is 4.27. The molecule has 0 saturated carbocycles. The second-order valence-corrected chi connectivity index (χ2v) is 9.25. The molecule has 0 fully saturated rings. The molecule has 3 aromatic rings. The zero-order valence-electron chi connectivity index (χ0n) is 15.4. The Morgan fingerprint density at radius 3 is 2.41 bits per heavy atom. The molecule has 0 aliphatic rings. The highest BCUT2D eigenvalue weighted by Crippen LogP contribution is 2.31. The Kier molecular flexibility index (Phi) is 5.74. The van der Waals surface area contributed by atoms with Gasteiger partial charge in [-0.15, -0.1) is 11.3 Å². The second kappa shape index (κ2) is 8.04. The minimum atomic E-state index is -3.52. The first-order chi connectivity index (χ1) is 12.9. The van der Waals surface area contributed by atoms with E-state index in [2.05, 4.69) is 10.5 Å². The third-order valence-electron chi connectivity index (χ3n) is 4.07. The van der Waals surface area contributed by atoms with Crippen LogP contribution in [0.5, 0.6) is 0 Å². The molecule has 0 radical (unpaired) electrons. The van der Waals surface area contributed by atoms with Gasteiger partial charge >= 0.3 is 0 Å². The standard InChI is InChI=1S/C20H21N3O2S2/c1-15(21-22-16-8-5-4-6-9-16)19-14-17(27(24,25)23(2)3)11-12-18(19)20-10-7-13-26-20/h4-14,22H,1-3H3/b21-15+. The average molecular weight is 400 g/mol. The summed E-state index contributed by atoms with van der Waals surface area (Å²) in [5, 5.41) is 6.46. The lowest BCUT2D eigenvalue weighted by atomic mass is 10.0. The van der Waals surface area contributed by atoms with Gasteiger partial charge in [0.05, 0.1) is 16.3 Å². The summed E-state index contributed by atoms with van der Waals surface area (Å²) >= 11 is 1.61. The molecule has 1 heterocycles. The average Bonchev–Trinajstić information content (AvgIpc) is 3.21. The van der Waals surface area contributed by atoms with Crippen molar-refractivity contribution in [2.24, 2.45) is 5.10 Å². The number of nitrogens with one attached hydrogen (secondary N) is 1. The third-order valence-corrected chi connectivity index (χ3v) is 6.79. The summed E-state index contributed by atoms with van der Waals surface area (Å²) in [4.78, 5) is 1.31. The van der Waals surface area contributed by atoms with Crippen LogP contribution < -0.4 is 5.43 Å². The fourth-order valence-corrected chi connectivity index (χ4v) is 4.26. The molecule has 0 unspecified atom stereocenters. The van der Waals surface area contributed by atoms with Crippen molar-refractivity contribution in [1.29, 1.82) is 0 Å². The fourth-order valence-electron chi connectivity index (χ4n) is 2.56. The minimum Gasteiger partial charge on any atom is -0.278 e. The van der Waals surface area contributed by atoms with Gasteiger partial charge in [-0.2, -0.15) is 5.10 Å². The summed E-state index contributed by atoms with van der Waals surface area (Å²) < 4.78 is 26.3.